The molecule has 0 atom stereocenters. The van der Waals surface area contributed by atoms with E-state index < -0.39 is 10.0 Å². The average Bonchev–Trinajstić information content (AvgIpc) is 1.63. The van der Waals surface area contributed by atoms with Crippen molar-refractivity contribution in [2.24, 2.45) is 0 Å². The monoisotopic (exact) mass is 211 g/mol. The van der Waals surface area contributed by atoms with Crippen LogP contribution in [0.25, 0.3) is 0 Å². The Morgan fingerprint density at radius 2 is 2.22 bits per heavy atom. The Bertz CT molecular complexity index is 223. The first-order valence-corrected chi connectivity index (χ1v) is 4.78. The van der Waals surface area contributed by atoms with Gasteiger partial charge in [-0.15, -0.1) is 0 Å². The van der Waals surface area contributed by atoms with Gasteiger partial charge in [0.2, 0.25) is 10.0 Å². The van der Waals surface area contributed by atoms with Gasteiger partial charge in [-0.25, -0.2) is 13.1 Å². The van der Waals surface area contributed by atoms with Gasteiger partial charge < -0.3 is 0 Å². The molecule has 52 valence electrons. The highest BCUT2D eigenvalue weighted by Gasteiger charge is 1.94. The second-order valence-electron chi connectivity index (χ2n) is 1.36. The third kappa shape index (κ3) is 7.95. The van der Waals surface area contributed by atoms with Crippen LogP contribution in [0, 0.1) is 10.8 Å². The fourth-order valence-corrected chi connectivity index (χ4v) is 0.675. The molecule has 0 spiro atoms. The molecule has 0 fully saturated rings. The van der Waals surface area contributed by atoms with Crippen LogP contribution in [0.2, 0.25) is 0 Å². The molecule has 0 heterocycles. The summed E-state index contributed by atoms with van der Waals surface area (Å²) < 4.78 is 22.8. The minimum atomic E-state index is -3.07. The molecule has 0 radical (unpaired) electrons. The smallest absolute Gasteiger partial charge is 0.209 e. The summed E-state index contributed by atoms with van der Waals surface area (Å²) in [7, 11) is -3.07. The summed E-state index contributed by atoms with van der Waals surface area (Å²) in [6.07, 6.45) is 1.09. The lowest BCUT2D eigenvalue weighted by atomic mass is 10.7. The van der Waals surface area contributed by atoms with Gasteiger partial charge in [-0.2, -0.15) is 0 Å². The van der Waals surface area contributed by atoms with E-state index in [1.807, 2.05) is 0 Å². The van der Waals surface area contributed by atoms with Crippen LogP contribution >= 0.6 is 15.9 Å². The largest absolute Gasteiger partial charge is 0.213 e. The van der Waals surface area contributed by atoms with Crippen LogP contribution in [0.4, 0.5) is 0 Å². The van der Waals surface area contributed by atoms with E-state index in [1.54, 1.807) is 0 Å². The average molecular weight is 212 g/mol. The van der Waals surface area contributed by atoms with Crippen molar-refractivity contribution in [2.75, 3.05) is 12.8 Å². The molecule has 0 amide bonds. The minimum Gasteiger partial charge on any atom is -0.213 e. The molecule has 0 saturated carbocycles. The summed E-state index contributed by atoms with van der Waals surface area (Å²) in [4.78, 5) is 2.38. The molecular formula is C4H6BrNO2S. The summed E-state index contributed by atoms with van der Waals surface area (Å²) in [5.41, 5.74) is 0. The summed E-state index contributed by atoms with van der Waals surface area (Å²) in [5.74, 6) is 2.48. The Morgan fingerprint density at radius 1 is 1.67 bits per heavy atom. The van der Waals surface area contributed by atoms with Gasteiger partial charge in [-0.05, 0) is 4.83 Å². The van der Waals surface area contributed by atoms with E-state index in [2.05, 4.69) is 31.4 Å². The van der Waals surface area contributed by atoms with Crippen molar-refractivity contribution in [1.82, 2.24) is 4.72 Å². The molecular weight excluding hydrogens is 206 g/mol. The molecule has 0 unspecified atom stereocenters. The lowest BCUT2D eigenvalue weighted by Crippen LogP contribution is -2.21. The van der Waals surface area contributed by atoms with Crippen LogP contribution in [-0.2, 0) is 10.0 Å². The van der Waals surface area contributed by atoms with E-state index in [4.69, 9.17) is 0 Å². The van der Waals surface area contributed by atoms with Gasteiger partial charge in [-0.1, -0.05) is 5.92 Å². The van der Waals surface area contributed by atoms with Crippen LogP contribution in [0.3, 0.4) is 0 Å². The second-order valence-corrected chi connectivity index (χ2v) is 3.59. The predicted molar refractivity (Wildman–Crippen MR) is 39.5 cm³/mol. The maximum atomic E-state index is 10.3. The highest BCUT2D eigenvalue weighted by molar-refractivity contribution is 9.12. The van der Waals surface area contributed by atoms with E-state index in [0.717, 1.165) is 6.26 Å². The Kier molecular flexibility index (Phi) is 3.86. The minimum absolute atomic E-state index is 0.157. The maximum Gasteiger partial charge on any atom is 0.209 e. The molecule has 9 heavy (non-hydrogen) atoms. The summed E-state index contributed by atoms with van der Waals surface area (Å²) >= 11 is 2.82. The van der Waals surface area contributed by atoms with Crippen molar-refractivity contribution >= 4 is 26.0 Å². The zero-order chi connectivity index (χ0) is 7.33. The van der Waals surface area contributed by atoms with E-state index in [1.165, 1.54) is 0 Å². The first kappa shape index (κ1) is 8.95. The van der Waals surface area contributed by atoms with Crippen molar-refractivity contribution in [2.45, 2.75) is 0 Å². The van der Waals surface area contributed by atoms with Crippen LogP contribution in [0.5, 0.6) is 0 Å². The first-order chi connectivity index (χ1) is 4.06. The van der Waals surface area contributed by atoms with Gasteiger partial charge in [0.15, 0.2) is 0 Å². The number of sulfonamides is 1. The van der Waals surface area contributed by atoms with Gasteiger partial charge in [-0.3, -0.25) is 0 Å². The fraction of sp³-hybridized carbons (Fsp3) is 0.500. The lowest BCUT2D eigenvalue weighted by Gasteiger charge is -1.91. The van der Waals surface area contributed by atoms with Crippen molar-refractivity contribution < 1.29 is 8.42 Å². The molecule has 5 heteroatoms. The molecule has 0 saturated heterocycles. The quantitative estimate of drug-likeness (QED) is 0.649. The van der Waals surface area contributed by atoms with E-state index in [9.17, 15) is 8.42 Å². The summed E-state index contributed by atoms with van der Waals surface area (Å²) in [6, 6.07) is 0. The predicted octanol–water partition coefficient (Wildman–Crippen LogP) is -0.109. The topological polar surface area (TPSA) is 46.2 Å². The standard InChI is InChI=1S/C4H6BrNO2S/c1-9(7,8)6-4-2-3-5/h6H,4H2,1H3. The molecule has 3 nitrogen and oxygen atoms in total. The van der Waals surface area contributed by atoms with E-state index in [0.29, 0.717) is 0 Å². The molecule has 0 bridgehead atoms. The summed E-state index contributed by atoms with van der Waals surface area (Å²) in [5, 5.41) is 0. The van der Waals surface area contributed by atoms with E-state index in [-0.39, 0.29) is 6.54 Å². The maximum absolute atomic E-state index is 10.3. The molecule has 0 aromatic carbocycles. The highest BCUT2D eigenvalue weighted by Crippen LogP contribution is 1.72. The van der Waals surface area contributed by atoms with Crippen molar-refractivity contribution in [1.29, 1.82) is 0 Å². The van der Waals surface area contributed by atoms with Crippen molar-refractivity contribution in [3.63, 3.8) is 0 Å². The number of nitrogens with one attached hydrogen (secondary N) is 1. The van der Waals surface area contributed by atoms with Gasteiger partial charge >= 0.3 is 0 Å². The summed E-state index contributed by atoms with van der Waals surface area (Å²) in [6.45, 7) is 0.157. The molecule has 0 rings (SSSR count). The fourth-order valence-electron chi connectivity index (χ4n) is 0.201. The molecule has 0 aromatic rings. The third-order valence-corrected chi connectivity index (χ3v) is 1.44. The molecule has 1 N–H and O–H groups in total. The second kappa shape index (κ2) is 3.88. The lowest BCUT2D eigenvalue weighted by molar-refractivity contribution is 0.592. The first-order valence-electron chi connectivity index (χ1n) is 2.09. The Balaban J connectivity index is 3.62. The van der Waals surface area contributed by atoms with Crippen LogP contribution in [0.15, 0.2) is 0 Å². The SMILES string of the molecule is CS(=O)(=O)NCC#CBr. The molecule has 0 aliphatic heterocycles. The van der Waals surface area contributed by atoms with Crippen molar-refractivity contribution in [3.8, 4) is 10.8 Å². The third-order valence-electron chi connectivity index (χ3n) is 0.490. The van der Waals surface area contributed by atoms with Crippen molar-refractivity contribution in [3.05, 3.63) is 0 Å². The molecule has 0 aliphatic rings. The Morgan fingerprint density at radius 3 is 2.56 bits per heavy atom. The van der Waals surface area contributed by atoms with Gasteiger partial charge in [0.1, 0.15) is 0 Å². The number of halogens is 1. The van der Waals surface area contributed by atoms with Crippen LogP contribution in [-0.4, -0.2) is 21.2 Å². The Hall–Kier alpha value is -0.0500. The van der Waals surface area contributed by atoms with Gasteiger partial charge in [0.05, 0.1) is 12.8 Å². The van der Waals surface area contributed by atoms with Crippen LogP contribution < -0.4 is 4.72 Å². The zero-order valence-corrected chi connectivity index (χ0v) is 7.21. The number of hydrogen-bond donors (Lipinski definition) is 1. The van der Waals surface area contributed by atoms with Gasteiger partial charge in [0.25, 0.3) is 0 Å². The van der Waals surface area contributed by atoms with Gasteiger partial charge in [0, 0.05) is 15.9 Å². The normalized spacial score (nSPS) is 10.0. The highest BCUT2D eigenvalue weighted by atomic mass is 79.9. The molecule has 0 aromatic heterocycles. The van der Waals surface area contributed by atoms with Crippen LogP contribution in [0.1, 0.15) is 0 Å². The zero-order valence-electron chi connectivity index (χ0n) is 4.81. The molecule has 0 aliphatic carbocycles. The Labute approximate surface area is 63.0 Å². The number of rotatable bonds is 2. The van der Waals surface area contributed by atoms with E-state index >= 15 is 0 Å². The number of hydrogen-bond acceptors (Lipinski definition) is 2.